The van der Waals surface area contributed by atoms with Crippen LogP contribution in [-0.4, -0.2) is 41.1 Å². The Labute approximate surface area is 129 Å². The predicted octanol–water partition coefficient (Wildman–Crippen LogP) is 0.572. The topological polar surface area (TPSA) is 80.0 Å². The van der Waals surface area contributed by atoms with Gasteiger partial charge in [0, 0.05) is 37.9 Å². The lowest BCUT2D eigenvalue weighted by Crippen LogP contribution is -2.44. The van der Waals surface area contributed by atoms with E-state index in [2.05, 4.69) is 37.0 Å². The summed E-state index contributed by atoms with van der Waals surface area (Å²) in [5.41, 5.74) is 8.18. The van der Waals surface area contributed by atoms with Gasteiger partial charge in [-0.1, -0.05) is 11.8 Å². The van der Waals surface area contributed by atoms with Crippen molar-refractivity contribution in [3.63, 3.8) is 0 Å². The Kier molecular flexibility index (Phi) is 4.17. The fraction of sp³-hybridized carbons (Fsp3) is 0.312. The first-order valence-corrected chi connectivity index (χ1v) is 7.25. The summed E-state index contributed by atoms with van der Waals surface area (Å²) < 4.78 is 0. The van der Waals surface area contributed by atoms with E-state index in [1.54, 1.807) is 18.6 Å². The Balaban J connectivity index is 1.94. The van der Waals surface area contributed by atoms with Crippen molar-refractivity contribution in [3.05, 3.63) is 41.5 Å². The van der Waals surface area contributed by atoms with Crippen LogP contribution >= 0.6 is 0 Å². The fourth-order valence-corrected chi connectivity index (χ4v) is 2.34. The Morgan fingerprint density at radius 1 is 1.14 bits per heavy atom. The number of rotatable bonds is 1. The van der Waals surface area contributed by atoms with Crippen molar-refractivity contribution in [2.75, 3.05) is 36.8 Å². The van der Waals surface area contributed by atoms with Crippen LogP contribution in [0.1, 0.15) is 16.8 Å². The highest BCUT2D eigenvalue weighted by molar-refractivity contribution is 5.59. The van der Waals surface area contributed by atoms with Gasteiger partial charge in [0.05, 0.1) is 11.3 Å². The van der Waals surface area contributed by atoms with Gasteiger partial charge in [0.2, 0.25) is 0 Å². The molecule has 0 spiro atoms. The largest absolute Gasteiger partial charge is 0.384 e. The Hall–Kier alpha value is -2.65. The molecule has 3 heterocycles. The number of nitrogens with one attached hydrogen (secondary N) is 1. The quantitative estimate of drug-likeness (QED) is 0.749. The van der Waals surface area contributed by atoms with Gasteiger partial charge in [-0.2, -0.15) is 0 Å². The van der Waals surface area contributed by atoms with Gasteiger partial charge in [-0.25, -0.2) is 15.0 Å². The van der Waals surface area contributed by atoms with Crippen LogP contribution in [0.5, 0.6) is 0 Å². The molecule has 0 amide bonds. The number of nitrogen functional groups attached to an aromatic ring is 1. The van der Waals surface area contributed by atoms with Gasteiger partial charge < -0.3 is 16.0 Å². The first-order chi connectivity index (χ1) is 10.7. The molecule has 2 aromatic heterocycles. The minimum Gasteiger partial charge on any atom is -0.384 e. The first-order valence-electron chi connectivity index (χ1n) is 7.25. The molecule has 1 fully saturated rings. The molecule has 3 rings (SSSR count). The number of piperazine rings is 1. The average Bonchev–Trinajstić information content (AvgIpc) is 2.56. The van der Waals surface area contributed by atoms with Gasteiger partial charge in [0.1, 0.15) is 18.0 Å². The molecule has 6 nitrogen and oxygen atoms in total. The number of nitrogens with zero attached hydrogens (tertiary/aromatic N) is 4. The van der Waals surface area contributed by atoms with Crippen LogP contribution in [0, 0.1) is 18.8 Å². The van der Waals surface area contributed by atoms with Gasteiger partial charge in [-0.15, -0.1) is 0 Å². The van der Waals surface area contributed by atoms with E-state index in [4.69, 9.17) is 5.73 Å². The molecular formula is C16H18N6. The smallest absolute Gasteiger partial charge is 0.148 e. The minimum atomic E-state index is 0.492. The lowest BCUT2D eigenvalue weighted by Gasteiger charge is -2.29. The van der Waals surface area contributed by atoms with Crippen molar-refractivity contribution < 1.29 is 0 Å². The fourth-order valence-electron chi connectivity index (χ4n) is 2.34. The third-order valence-corrected chi connectivity index (χ3v) is 3.55. The molecule has 1 saturated heterocycles. The molecular weight excluding hydrogens is 276 g/mol. The normalized spacial score (nSPS) is 14.3. The Morgan fingerprint density at radius 3 is 2.68 bits per heavy atom. The van der Waals surface area contributed by atoms with E-state index < -0.39 is 0 Å². The first kappa shape index (κ1) is 14.3. The summed E-state index contributed by atoms with van der Waals surface area (Å²) in [6.45, 7) is 5.72. The van der Waals surface area contributed by atoms with Crippen LogP contribution in [0.25, 0.3) is 0 Å². The second kappa shape index (κ2) is 6.41. The second-order valence-electron chi connectivity index (χ2n) is 5.12. The molecule has 0 aliphatic carbocycles. The second-order valence-corrected chi connectivity index (χ2v) is 5.12. The molecule has 1 aliphatic heterocycles. The maximum atomic E-state index is 5.59. The molecule has 3 N–H and O–H groups in total. The summed E-state index contributed by atoms with van der Waals surface area (Å²) in [5, 5.41) is 3.34. The van der Waals surface area contributed by atoms with E-state index in [1.165, 1.54) is 0 Å². The third kappa shape index (κ3) is 3.15. The van der Waals surface area contributed by atoms with Crippen LogP contribution < -0.4 is 16.0 Å². The molecule has 2 aromatic rings. The van der Waals surface area contributed by atoms with Crippen molar-refractivity contribution in [1.82, 2.24) is 20.3 Å². The molecule has 0 radical (unpaired) electrons. The van der Waals surface area contributed by atoms with E-state index in [-0.39, 0.29) is 0 Å². The molecule has 112 valence electrons. The zero-order valence-corrected chi connectivity index (χ0v) is 12.5. The average molecular weight is 294 g/mol. The molecule has 6 heteroatoms. The number of nitrogens with two attached hydrogens (primary N) is 1. The van der Waals surface area contributed by atoms with E-state index >= 15 is 0 Å². The minimum absolute atomic E-state index is 0.492. The van der Waals surface area contributed by atoms with E-state index in [9.17, 15) is 0 Å². The molecule has 0 aromatic carbocycles. The van der Waals surface area contributed by atoms with Gasteiger partial charge in [0.25, 0.3) is 0 Å². The Morgan fingerprint density at radius 2 is 1.95 bits per heavy atom. The summed E-state index contributed by atoms with van der Waals surface area (Å²) in [6, 6.07) is 3.61. The Bertz CT molecular complexity index is 708. The summed E-state index contributed by atoms with van der Waals surface area (Å²) in [6.07, 6.45) is 3.27. The molecule has 0 atom stereocenters. The van der Waals surface area contributed by atoms with Gasteiger partial charge >= 0.3 is 0 Å². The summed E-state index contributed by atoms with van der Waals surface area (Å²) in [5.74, 6) is 7.71. The standard InChI is InChI=1S/C16H18N6/c1-12-14(4-2-13-3-5-15(17)19-10-13)16(21-11-20-12)22-8-6-18-7-9-22/h3,5,10-11,18H,6-9H2,1H3,(H2,17,19). The zero-order chi connectivity index (χ0) is 15.4. The van der Waals surface area contributed by atoms with Crippen molar-refractivity contribution in [2.45, 2.75) is 6.92 Å². The zero-order valence-electron chi connectivity index (χ0n) is 12.5. The maximum absolute atomic E-state index is 5.59. The number of hydrogen-bond donors (Lipinski definition) is 2. The third-order valence-electron chi connectivity index (χ3n) is 3.55. The van der Waals surface area contributed by atoms with Crippen LogP contribution in [0.4, 0.5) is 11.6 Å². The highest BCUT2D eigenvalue weighted by atomic mass is 15.2. The highest BCUT2D eigenvalue weighted by Gasteiger charge is 2.16. The molecule has 22 heavy (non-hydrogen) atoms. The van der Waals surface area contributed by atoms with Gasteiger partial charge in [0.15, 0.2) is 0 Å². The molecule has 0 saturated carbocycles. The van der Waals surface area contributed by atoms with E-state index in [0.717, 1.165) is 48.8 Å². The predicted molar refractivity (Wildman–Crippen MR) is 86.5 cm³/mol. The van der Waals surface area contributed by atoms with Crippen molar-refractivity contribution in [2.24, 2.45) is 0 Å². The highest BCUT2D eigenvalue weighted by Crippen LogP contribution is 2.19. The van der Waals surface area contributed by atoms with Crippen LogP contribution in [0.15, 0.2) is 24.7 Å². The van der Waals surface area contributed by atoms with Crippen molar-refractivity contribution in [1.29, 1.82) is 0 Å². The number of aryl methyl sites for hydroxylation is 1. The van der Waals surface area contributed by atoms with E-state index in [0.29, 0.717) is 5.82 Å². The number of aromatic nitrogens is 3. The van der Waals surface area contributed by atoms with Crippen LogP contribution in [0.2, 0.25) is 0 Å². The van der Waals surface area contributed by atoms with Gasteiger partial charge in [-0.05, 0) is 19.1 Å². The lowest BCUT2D eigenvalue weighted by molar-refractivity contribution is 0.584. The number of pyridine rings is 1. The number of hydrogen-bond acceptors (Lipinski definition) is 6. The maximum Gasteiger partial charge on any atom is 0.148 e. The molecule has 0 bridgehead atoms. The lowest BCUT2D eigenvalue weighted by atomic mass is 10.2. The summed E-state index contributed by atoms with van der Waals surface area (Å²) >= 11 is 0. The van der Waals surface area contributed by atoms with Crippen LogP contribution in [-0.2, 0) is 0 Å². The van der Waals surface area contributed by atoms with Crippen LogP contribution in [0.3, 0.4) is 0 Å². The van der Waals surface area contributed by atoms with Crippen molar-refractivity contribution in [3.8, 4) is 11.8 Å². The summed E-state index contributed by atoms with van der Waals surface area (Å²) in [4.78, 5) is 15.0. The van der Waals surface area contributed by atoms with Gasteiger partial charge in [-0.3, -0.25) is 0 Å². The van der Waals surface area contributed by atoms with Crippen molar-refractivity contribution >= 4 is 11.6 Å². The summed E-state index contributed by atoms with van der Waals surface area (Å²) in [7, 11) is 0. The molecule has 0 unspecified atom stereocenters. The molecule has 1 aliphatic rings. The van der Waals surface area contributed by atoms with E-state index in [1.807, 2.05) is 13.0 Å². The monoisotopic (exact) mass is 294 g/mol. The SMILES string of the molecule is Cc1ncnc(N2CCNCC2)c1C#Cc1ccc(N)nc1. The number of anilines is 2.